The van der Waals surface area contributed by atoms with Crippen LogP contribution in [0.25, 0.3) is 0 Å². The third kappa shape index (κ3) is 4.08. The largest absolute Gasteiger partial charge is 0.489 e. The molecule has 1 atom stereocenters. The number of nitrogens with one attached hydrogen (secondary N) is 1. The van der Waals surface area contributed by atoms with E-state index in [2.05, 4.69) is 63.3 Å². The van der Waals surface area contributed by atoms with Gasteiger partial charge in [0.05, 0.1) is 0 Å². The lowest BCUT2D eigenvalue weighted by Gasteiger charge is -2.17. The summed E-state index contributed by atoms with van der Waals surface area (Å²) in [6.07, 6.45) is 0. The maximum absolute atomic E-state index is 6.05. The summed E-state index contributed by atoms with van der Waals surface area (Å²) < 4.78 is 6.05. The van der Waals surface area contributed by atoms with E-state index in [-0.39, 0.29) is 0 Å². The first-order valence-electron chi connectivity index (χ1n) is 7.63. The topological polar surface area (TPSA) is 21.3 Å². The maximum Gasteiger partial charge on any atom is 0.124 e. The van der Waals surface area contributed by atoms with Crippen molar-refractivity contribution >= 4 is 0 Å². The van der Waals surface area contributed by atoms with Gasteiger partial charge in [-0.15, -0.1) is 0 Å². The van der Waals surface area contributed by atoms with E-state index in [0.717, 1.165) is 12.3 Å². The Balaban J connectivity index is 2.10. The van der Waals surface area contributed by atoms with Crippen LogP contribution in [0.2, 0.25) is 0 Å². The van der Waals surface area contributed by atoms with Crippen molar-refractivity contribution in [3.63, 3.8) is 0 Å². The van der Waals surface area contributed by atoms with Crippen molar-refractivity contribution in [1.29, 1.82) is 0 Å². The van der Waals surface area contributed by atoms with Crippen molar-refractivity contribution in [2.24, 2.45) is 0 Å². The minimum absolute atomic E-state index is 0.297. The highest BCUT2D eigenvalue weighted by Gasteiger charge is 2.10. The van der Waals surface area contributed by atoms with Gasteiger partial charge in [0.2, 0.25) is 0 Å². The molecule has 0 fully saturated rings. The molecule has 2 nitrogen and oxygen atoms in total. The van der Waals surface area contributed by atoms with E-state index < -0.39 is 0 Å². The summed E-state index contributed by atoms with van der Waals surface area (Å²) >= 11 is 0. The van der Waals surface area contributed by atoms with Crippen LogP contribution < -0.4 is 10.1 Å². The number of aryl methyl sites for hydroxylation is 2. The molecule has 0 heterocycles. The third-order valence-corrected chi connectivity index (χ3v) is 3.86. The minimum Gasteiger partial charge on any atom is -0.489 e. The number of ether oxygens (including phenoxy) is 1. The van der Waals surface area contributed by atoms with E-state index in [4.69, 9.17) is 4.74 Å². The maximum atomic E-state index is 6.05. The molecule has 0 aromatic heterocycles. The molecular weight excluding hydrogens is 258 g/mol. The van der Waals surface area contributed by atoms with Gasteiger partial charge in [0.15, 0.2) is 0 Å². The van der Waals surface area contributed by atoms with Crippen molar-refractivity contribution in [1.82, 2.24) is 5.32 Å². The summed E-state index contributed by atoms with van der Waals surface area (Å²) in [7, 11) is 0. The molecule has 0 saturated heterocycles. The van der Waals surface area contributed by atoms with Gasteiger partial charge in [-0.05, 0) is 50.1 Å². The molecule has 2 aromatic rings. The first-order chi connectivity index (χ1) is 10.1. The fourth-order valence-corrected chi connectivity index (χ4v) is 2.44. The first-order valence-corrected chi connectivity index (χ1v) is 7.63. The lowest BCUT2D eigenvalue weighted by atomic mass is 10.1. The molecule has 0 spiro atoms. The zero-order valence-electron chi connectivity index (χ0n) is 13.4. The van der Waals surface area contributed by atoms with Crippen molar-refractivity contribution in [2.45, 2.75) is 40.3 Å². The molecule has 1 unspecified atom stereocenters. The fourth-order valence-electron chi connectivity index (χ4n) is 2.44. The Bertz CT molecular complexity index is 592. The van der Waals surface area contributed by atoms with E-state index in [1.54, 1.807) is 0 Å². The molecule has 0 aliphatic heterocycles. The second kappa shape index (κ2) is 7.28. The van der Waals surface area contributed by atoms with E-state index in [9.17, 15) is 0 Å². The summed E-state index contributed by atoms with van der Waals surface area (Å²) in [5.41, 5.74) is 5.05. The predicted octanol–water partition coefficient (Wildman–Crippen LogP) is 4.55. The summed E-state index contributed by atoms with van der Waals surface area (Å²) in [5.74, 6) is 0.962. The molecule has 2 heteroatoms. The minimum atomic E-state index is 0.297. The Labute approximate surface area is 128 Å². The Hall–Kier alpha value is -1.80. The van der Waals surface area contributed by atoms with Crippen molar-refractivity contribution < 1.29 is 4.74 Å². The van der Waals surface area contributed by atoms with Gasteiger partial charge in [0.1, 0.15) is 12.4 Å². The van der Waals surface area contributed by atoms with Gasteiger partial charge in [-0.3, -0.25) is 0 Å². The van der Waals surface area contributed by atoms with Gasteiger partial charge in [0.25, 0.3) is 0 Å². The average Bonchev–Trinajstić information content (AvgIpc) is 2.49. The molecule has 1 N–H and O–H groups in total. The highest BCUT2D eigenvalue weighted by molar-refractivity contribution is 5.36. The summed E-state index contributed by atoms with van der Waals surface area (Å²) in [5, 5.41) is 3.44. The van der Waals surface area contributed by atoms with Gasteiger partial charge in [-0.25, -0.2) is 0 Å². The van der Waals surface area contributed by atoms with Crippen LogP contribution in [-0.2, 0) is 6.61 Å². The summed E-state index contributed by atoms with van der Waals surface area (Å²) in [4.78, 5) is 0. The third-order valence-electron chi connectivity index (χ3n) is 3.86. The summed E-state index contributed by atoms with van der Waals surface area (Å²) in [6, 6.07) is 15.0. The highest BCUT2D eigenvalue weighted by atomic mass is 16.5. The van der Waals surface area contributed by atoms with E-state index in [1.165, 1.54) is 22.3 Å². The van der Waals surface area contributed by atoms with Gasteiger partial charge in [-0.1, -0.05) is 43.3 Å². The van der Waals surface area contributed by atoms with Crippen molar-refractivity contribution in [3.05, 3.63) is 64.7 Å². The van der Waals surface area contributed by atoms with Crippen molar-refractivity contribution in [3.8, 4) is 5.75 Å². The highest BCUT2D eigenvalue weighted by Crippen LogP contribution is 2.25. The van der Waals surface area contributed by atoms with Crippen LogP contribution in [0.15, 0.2) is 42.5 Å². The van der Waals surface area contributed by atoms with Gasteiger partial charge in [-0.2, -0.15) is 0 Å². The smallest absolute Gasteiger partial charge is 0.124 e. The first kappa shape index (κ1) is 15.6. The van der Waals surface area contributed by atoms with Crippen LogP contribution in [0.5, 0.6) is 5.75 Å². The lowest BCUT2D eigenvalue weighted by Crippen LogP contribution is -2.18. The lowest BCUT2D eigenvalue weighted by molar-refractivity contribution is 0.300. The number of hydrogen-bond donors (Lipinski definition) is 1. The molecule has 0 bridgehead atoms. The average molecular weight is 283 g/mol. The molecule has 0 radical (unpaired) electrons. The fraction of sp³-hybridized carbons (Fsp3) is 0.368. The number of para-hydroxylation sites is 1. The number of benzene rings is 2. The molecule has 0 aliphatic rings. The zero-order chi connectivity index (χ0) is 15.2. The molecule has 2 aromatic carbocycles. The Morgan fingerprint density at radius 2 is 1.81 bits per heavy atom. The quantitative estimate of drug-likeness (QED) is 0.839. The zero-order valence-corrected chi connectivity index (χ0v) is 13.4. The van der Waals surface area contributed by atoms with Crippen LogP contribution in [-0.4, -0.2) is 6.54 Å². The standard InChI is InChI=1S/C19H25NO/c1-5-20-16(4)18-8-6-7-9-19(18)21-13-17-11-10-14(2)15(3)12-17/h6-12,16,20H,5,13H2,1-4H3. The van der Waals surface area contributed by atoms with Crippen LogP contribution >= 0.6 is 0 Å². The molecule has 0 saturated carbocycles. The Morgan fingerprint density at radius 3 is 2.52 bits per heavy atom. The number of hydrogen-bond acceptors (Lipinski definition) is 2. The van der Waals surface area contributed by atoms with Crippen LogP contribution in [0, 0.1) is 13.8 Å². The van der Waals surface area contributed by atoms with E-state index in [0.29, 0.717) is 12.6 Å². The van der Waals surface area contributed by atoms with E-state index >= 15 is 0 Å². The normalized spacial score (nSPS) is 12.2. The summed E-state index contributed by atoms with van der Waals surface area (Å²) in [6.45, 7) is 10.1. The van der Waals surface area contributed by atoms with E-state index in [1.807, 2.05) is 12.1 Å². The Morgan fingerprint density at radius 1 is 1.05 bits per heavy atom. The number of rotatable bonds is 6. The van der Waals surface area contributed by atoms with Crippen LogP contribution in [0.4, 0.5) is 0 Å². The monoisotopic (exact) mass is 283 g/mol. The predicted molar refractivity (Wildman–Crippen MR) is 88.8 cm³/mol. The molecule has 112 valence electrons. The molecule has 21 heavy (non-hydrogen) atoms. The van der Waals surface area contributed by atoms with Gasteiger partial charge < -0.3 is 10.1 Å². The molecular formula is C19H25NO. The van der Waals surface area contributed by atoms with Gasteiger partial charge >= 0.3 is 0 Å². The SMILES string of the molecule is CCNC(C)c1ccccc1OCc1ccc(C)c(C)c1. The molecule has 0 amide bonds. The van der Waals surface area contributed by atoms with Gasteiger partial charge in [0, 0.05) is 11.6 Å². The molecule has 2 rings (SSSR count). The molecule has 0 aliphatic carbocycles. The second-order valence-electron chi connectivity index (χ2n) is 5.52. The van der Waals surface area contributed by atoms with Crippen LogP contribution in [0.1, 0.15) is 42.1 Å². The van der Waals surface area contributed by atoms with Crippen molar-refractivity contribution in [2.75, 3.05) is 6.54 Å². The van der Waals surface area contributed by atoms with Crippen LogP contribution in [0.3, 0.4) is 0 Å². The second-order valence-corrected chi connectivity index (χ2v) is 5.52. The Kier molecular flexibility index (Phi) is 5.40.